The molecule has 1 aliphatic heterocycles. The Morgan fingerprint density at radius 1 is 0.923 bits per heavy atom. The fourth-order valence-electron chi connectivity index (χ4n) is 5.06. The van der Waals surface area contributed by atoms with Gasteiger partial charge in [-0.2, -0.15) is 0 Å². The van der Waals surface area contributed by atoms with Crippen LogP contribution >= 0.6 is 0 Å². The Morgan fingerprint density at radius 3 is 2.51 bits per heavy atom. The molecule has 7 heteroatoms. The van der Waals surface area contributed by atoms with Gasteiger partial charge in [-0.3, -0.25) is 0 Å². The van der Waals surface area contributed by atoms with Crippen LogP contribution in [0.15, 0.2) is 72.8 Å². The van der Waals surface area contributed by atoms with Crippen molar-refractivity contribution in [2.75, 3.05) is 45.8 Å². The van der Waals surface area contributed by atoms with E-state index in [0.717, 1.165) is 61.5 Å². The second kappa shape index (κ2) is 15.4. The minimum absolute atomic E-state index is 0.0297. The Morgan fingerprint density at radius 2 is 1.74 bits per heavy atom. The van der Waals surface area contributed by atoms with Gasteiger partial charge in [0.2, 0.25) is 0 Å². The molecule has 7 nitrogen and oxygen atoms in total. The highest BCUT2D eigenvalue weighted by Crippen LogP contribution is 2.33. The van der Waals surface area contributed by atoms with E-state index in [1.54, 1.807) is 20.3 Å². The summed E-state index contributed by atoms with van der Waals surface area (Å²) in [7, 11) is 3.38. The zero-order valence-corrected chi connectivity index (χ0v) is 23.1. The maximum Gasteiger partial charge on any atom is 0.138 e. The first-order valence-electron chi connectivity index (χ1n) is 13.9. The maximum absolute atomic E-state index is 10.3. The van der Waals surface area contributed by atoms with Gasteiger partial charge in [0.05, 0.1) is 32.1 Å². The lowest BCUT2D eigenvalue weighted by Gasteiger charge is -2.37. The van der Waals surface area contributed by atoms with Crippen LogP contribution in [0, 0.1) is 0 Å². The van der Waals surface area contributed by atoms with Crippen molar-refractivity contribution >= 4 is 5.69 Å². The van der Waals surface area contributed by atoms with E-state index in [1.165, 1.54) is 5.56 Å². The number of nitrogens with one attached hydrogen (secondary N) is 2. The van der Waals surface area contributed by atoms with Crippen LogP contribution in [-0.4, -0.2) is 57.8 Å². The molecule has 0 bridgehead atoms. The highest BCUT2D eigenvalue weighted by atomic mass is 16.5. The average molecular weight is 535 g/mol. The minimum Gasteiger partial charge on any atom is -0.506 e. The number of benzene rings is 3. The van der Waals surface area contributed by atoms with Crippen LogP contribution in [0.25, 0.3) is 0 Å². The summed E-state index contributed by atoms with van der Waals surface area (Å²) in [5.41, 5.74) is 3.01. The van der Waals surface area contributed by atoms with Crippen molar-refractivity contribution in [1.29, 1.82) is 0 Å². The summed E-state index contributed by atoms with van der Waals surface area (Å²) in [6, 6.07) is 24.4. The lowest BCUT2D eigenvalue weighted by molar-refractivity contribution is 0.00193. The Bertz CT molecular complexity index is 1110. The molecule has 3 N–H and O–H groups in total. The number of phenols is 1. The molecule has 0 radical (unpaired) electrons. The molecule has 0 aliphatic carbocycles. The van der Waals surface area contributed by atoms with E-state index in [-0.39, 0.29) is 17.8 Å². The van der Waals surface area contributed by atoms with E-state index < -0.39 is 0 Å². The van der Waals surface area contributed by atoms with Crippen LogP contribution in [0.2, 0.25) is 0 Å². The van der Waals surface area contributed by atoms with Crippen molar-refractivity contribution in [3.05, 3.63) is 83.9 Å². The molecule has 0 spiro atoms. The zero-order valence-electron chi connectivity index (χ0n) is 23.1. The van der Waals surface area contributed by atoms with Crippen LogP contribution in [0.4, 0.5) is 5.69 Å². The van der Waals surface area contributed by atoms with Gasteiger partial charge in [-0.15, -0.1) is 0 Å². The number of methoxy groups -OCH3 is 2. The number of para-hydroxylation sites is 1. The fourth-order valence-corrected chi connectivity index (χ4v) is 5.06. The van der Waals surface area contributed by atoms with Crippen molar-refractivity contribution in [2.45, 2.75) is 50.4 Å². The van der Waals surface area contributed by atoms with Crippen LogP contribution in [-0.2, 0) is 16.1 Å². The molecule has 3 aromatic rings. The van der Waals surface area contributed by atoms with Gasteiger partial charge in [-0.1, -0.05) is 36.4 Å². The number of rotatable bonds is 15. The third kappa shape index (κ3) is 8.88. The zero-order chi connectivity index (χ0) is 27.3. The monoisotopic (exact) mass is 534 g/mol. The molecule has 4 rings (SSSR count). The predicted molar refractivity (Wildman–Crippen MR) is 155 cm³/mol. The summed E-state index contributed by atoms with van der Waals surface area (Å²) in [6.45, 7) is 3.37. The summed E-state index contributed by atoms with van der Waals surface area (Å²) >= 11 is 0. The van der Waals surface area contributed by atoms with Gasteiger partial charge < -0.3 is 34.7 Å². The molecule has 3 aromatic carbocycles. The molecule has 0 amide bonds. The Kier molecular flexibility index (Phi) is 11.3. The second-order valence-corrected chi connectivity index (χ2v) is 10.00. The number of hydrogen-bond acceptors (Lipinski definition) is 7. The molecule has 1 saturated heterocycles. The highest BCUT2D eigenvalue weighted by Gasteiger charge is 2.32. The number of aromatic hydroxyl groups is 1. The van der Waals surface area contributed by atoms with Crippen LogP contribution in [0.3, 0.4) is 0 Å². The molecular weight excluding hydrogens is 492 g/mol. The van der Waals surface area contributed by atoms with Gasteiger partial charge in [0.15, 0.2) is 0 Å². The SMILES string of the molecule is COCCCNc1cc(CO[C@H]2CN[C@H](CCCOc3ccccc3)CC2c2ccc(OC)cc2)ccc1O. The predicted octanol–water partition coefficient (Wildman–Crippen LogP) is 5.74. The largest absolute Gasteiger partial charge is 0.506 e. The van der Waals surface area contributed by atoms with Crippen molar-refractivity contribution < 1.29 is 24.1 Å². The Hall–Kier alpha value is -3.26. The first kappa shape index (κ1) is 28.7. The summed E-state index contributed by atoms with van der Waals surface area (Å²) in [5, 5.41) is 17.3. The van der Waals surface area contributed by atoms with Crippen molar-refractivity contribution in [2.24, 2.45) is 0 Å². The molecule has 1 aliphatic rings. The van der Waals surface area contributed by atoms with E-state index in [2.05, 4.69) is 22.8 Å². The van der Waals surface area contributed by atoms with Crippen LogP contribution < -0.4 is 20.1 Å². The second-order valence-electron chi connectivity index (χ2n) is 10.00. The molecule has 1 fully saturated rings. The minimum atomic E-state index is 0.0297. The lowest BCUT2D eigenvalue weighted by atomic mass is 9.83. The maximum atomic E-state index is 10.3. The lowest BCUT2D eigenvalue weighted by Crippen LogP contribution is -2.47. The quantitative estimate of drug-likeness (QED) is 0.169. The summed E-state index contributed by atoms with van der Waals surface area (Å²) in [4.78, 5) is 0. The number of ether oxygens (including phenoxy) is 4. The van der Waals surface area contributed by atoms with E-state index in [1.807, 2.05) is 54.6 Å². The first-order chi connectivity index (χ1) is 19.2. The third-order valence-electron chi connectivity index (χ3n) is 7.21. The molecule has 0 aromatic heterocycles. The van der Waals surface area contributed by atoms with Gasteiger partial charge in [-0.05, 0) is 73.2 Å². The molecular formula is C32H42N2O5. The van der Waals surface area contributed by atoms with Gasteiger partial charge in [0, 0.05) is 38.8 Å². The summed E-state index contributed by atoms with van der Waals surface area (Å²) in [5.74, 6) is 2.28. The molecule has 39 heavy (non-hydrogen) atoms. The van der Waals surface area contributed by atoms with E-state index in [9.17, 15) is 5.11 Å². The van der Waals surface area contributed by atoms with Gasteiger partial charge in [0.1, 0.15) is 17.2 Å². The van der Waals surface area contributed by atoms with Crippen molar-refractivity contribution in [1.82, 2.24) is 5.32 Å². The number of phenolic OH excluding ortho intramolecular Hbond substituents is 1. The summed E-state index contributed by atoms with van der Waals surface area (Å²) < 4.78 is 22.9. The van der Waals surface area contributed by atoms with E-state index in [0.29, 0.717) is 25.9 Å². The first-order valence-corrected chi connectivity index (χ1v) is 13.9. The van der Waals surface area contributed by atoms with E-state index >= 15 is 0 Å². The molecule has 210 valence electrons. The number of anilines is 1. The van der Waals surface area contributed by atoms with Gasteiger partial charge in [0.25, 0.3) is 0 Å². The normalized spacial score (nSPS) is 19.0. The number of piperidine rings is 1. The van der Waals surface area contributed by atoms with Gasteiger partial charge >= 0.3 is 0 Å². The topological polar surface area (TPSA) is 81.2 Å². The highest BCUT2D eigenvalue weighted by molar-refractivity contribution is 5.57. The smallest absolute Gasteiger partial charge is 0.138 e. The van der Waals surface area contributed by atoms with E-state index in [4.69, 9.17) is 18.9 Å². The average Bonchev–Trinajstić information content (AvgIpc) is 2.98. The van der Waals surface area contributed by atoms with Crippen molar-refractivity contribution in [3.63, 3.8) is 0 Å². The molecule has 3 atom stereocenters. The third-order valence-corrected chi connectivity index (χ3v) is 7.21. The molecule has 1 unspecified atom stereocenters. The Balaban J connectivity index is 1.35. The van der Waals surface area contributed by atoms with Crippen LogP contribution in [0.5, 0.6) is 17.2 Å². The Labute approximate surface area is 232 Å². The standard InChI is InChI=1S/C32H42N2O5/c1-36-18-7-17-33-30-20-24(11-16-31(30)35)23-39-32-22-34-26(8-6-19-38-28-9-4-3-5-10-28)21-29(32)25-12-14-27(37-2)15-13-25/h3-5,9-16,20,26,29,32-35H,6-8,17-19,21-23H2,1-2H3/t26-,29?,32+/m1/s1. The van der Waals surface area contributed by atoms with Crippen molar-refractivity contribution in [3.8, 4) is 17.2 Å². The number of hydrogen-bond donors (Lipinski definition) is 3. The van der Waals surface area contributed by atoms with Crippen LogP contribution in [0.1, 0.15) is 42.7 Å². The fraction of sp³-hybridized carbons (Fsp3) is 0.438. The molecule has 0 saturated carbocycles. The summed E-state index contributed by atoms with van der Waals surface area (Å²) in [6.07, 6.45) is 3.92. The van der Waals surface area contributed by atoms with Gasteiger partial charge in [-0.25, -0.2) is 0 Å². The molecule has 1 heterocycles.